The Labute approximate surface area is 131 Å². The molecule has 1 aromatic heterocycles. The van der Waals surface area contributed by atoms with Crippen molar-refractivity contribution in [2.45, 2.75) is 12.6 Å². The van der Waals surface area contributed by atoms with E-state index in [1.165, 1.54) is 13.2 Å². The number of methoxy groups -OCH3 is 2. The quantitative estimate of drug-likeness (QED) is 0.862. The van der Waals surface area contributed by atoms with Gasteiger partial charge in [-0.15, -0.1) is 0 Å². The maximum atomic E-state index is 14.2. The molecule has 1 atom stereocenters. The van der Waals surface area contributed by atoms with E-state index in [1.807, 2.05) is 0 Å². The van der Waals surface area contributed by atoms with Crippen LogP contribution in [0.1, 0.15) is 17.3 Å². The monoisotopic (exact) mass is 357 g/mol. The first-order valence-electron chi connectivity index (χ1n) is 6.38. The third kappa shape index (κ3) is 3.25. The lowest BCUT2D eigenvalue weighted by molar-refractivity contribution is 0.182. The lowest BCUT2D eigenvalue weighted by Crippen LogP contribution is -2.21. The topological polar surface area (TPSA) is 62.3 Å². The summed E-state index contributed by atoms with van der Waals surface area (Å²) in [5, 5.41) is 4.23. The van der Waals surface area contributed by atoms with Crippen LogP contribution in [-0.2, 0) is 11.3 Å². The van der Waals surface area contributed by atoms with Crippen molar-refractivity contribution in [1.29, 1.82) is 0 Å². The minimum atomic E-state index is -0.699. The Balaban J connectivity index is 2.45. The van der Waals surface area contributed by atoms with Gasteiger partial charge < -0.3 is 15.2 Å². The van der Waals surface area contributed by atoms with Gasteiger partial charge in [-0.05, 0) is 28.1 Å². The normalized spacial score (nSPS) is 12.4. The summed E-state index contributed by atoms with van der Waals surface area (Å²) in [4.78, 5) is 0. The fourth-order valence-electron chi connectivity index (χ4n) is 2.17. The Kier molecular flexibility index (Phi) is 5.33. The van der Waals surface area contributed by atoms with E-state index >= 15 is 0 Å². The van der Waals surface area contributed by atoms with Gasteiger partial charge in [0.05, 0.1) is 48.2 Å². The number of nitrogens with two attached hydrogens (primary N) is 1. The minimum absolute atomic E-state index is 0.305. The molecule has 0 saturated carbocycles. The van der Waals surface area contributed by atoms with E-state index in [0.717, 1.165) is 4.47 Å². The molecule has 0 bridgehead atoms. The highest BCUT2D eigenvalue weighted by Gasteiger charge is 2.24. The van der Waals surface area contributed by atoms with Crippen LogP contribution in [0.4, 0.5) is 4.39 Å². The summed E-state index contributed by atoms with van der Waals surface area (Å²) in [5.74, 6) is 0.00198. The molecule has 114 valence electrons. The van der Waals surface area contributed by atoms with Gasteiger partial charge in [0.25, 0.3) is 0 Å². The van der Waals surface area contributed by atoms with Gasteiger partial charge in [-0.2, -0.15) is 5.10 Å². The van der Waals surface area contributed by atoms with E-state index < -0.39 is 11.9 Å². The van der Waals surface area contributed by atoms with Gasteiger partial charge >= 0.3 is 0 Å². The van der Waals surface area contributed by atoms with Crippen molar-refractivity contribution in [3.8, 4) is 5.75 Å². The van der Waals surface area contributed by atoms with E-state index in [9.17, 15) is 4.39 Å². The summed E-state index contributed by atoms with van der Waals surface area (Å²) in [6, 6.07) is 3.93. The van der Waals surface area contributed by atoms with Crippen LogP contribution in [0.25, 0.3) is 0 Å². The second-order valence-corrected chi connectivity index (χ2v) is 5.28. The standard InChI is InChI=1S/C14H17BrFN3O2/c1-20-7-6-19-14(9(15)8-18-19)13(17)12-10(16)4-3-5-11(12)21-2/h3-5,8,13H,6-7,17H2,1-2H3. The number of benzene rings is 1. The largest absolute Gasteiger partial charge is 0.496 e. The van der Waals surface area contributed by atoms with Crippen LogP contribution >= 0.6 is 15.9 Å². The summed E-state index contributed by atoms with van der Waals surface area (Å²) >= 11 is 3.41. The molecule has 1 unspecified atom stereocenters. The first-order chi connectivity index (χ1) is 10.1. The lowest BCUT2D eigenvalue weighted by atomic mass is 10.0. The molecule has 0 amide bonds. The number of ether oxygens (including phenoxy) is 2. The number of aromatic nitrogens is 2. The molecule has 0 saturated heterocycles. The molecule has 7 heteroatoms. The predicted octanol–water partition coefficient (Wildman–Crippen LogP) is 2.49. The summed E-state index contributed by atoms with van der Waals surface area (Å²) in [6.07, 6.45) is 1.64. The van der Waals surface area contributed by atoms with Crippen LogP contribution in [-0.4, -0.2) is 30.6 Å². The van der Waals surface area contributed by atoms with Gasteiger partial charge in [-0.25, -0.2) is 4.39 Å². The molecule has 1 aromatic carbocycles. The third-order valence-electron chi connectivity index (χ3n) is 3.18. The van der Waals surface area contributed by atoms with Crippen molar-refractivity contribution in [3.63, 3.8) is 0 Å². The van der Waals surface area contributed by atoms with E-state index in [1.54, 1.807) is 30.1 Å². The molecule has 0 aliphatic rings. The molecule has 21 heavy (non-hydrogen) atoms. The maximum absolute atomic E-state index is 14.2. The summed E-state index contributed by atoms with van der Waals surface area (Å²) in [7, 11) is 3.10. The van der Waals surface area contributed by atoms with Crippen LogP contribution in [0.3, 0.4) is 0 Å². The highest BCUT2D eigenvalue weighted by molar-refractivity contribution is 9.10. The third-order valence-corrected chi connectivity index (χ3v) is 3.79. The molecule has 2 rings (SSSR count). The maximum Gasteiger partial charge on any atom is 0.132 e. The van der Waals surface area contributed by atoms with Gasteiger partial charge in [-0.1, -0.05) is 6.07 Å². The fraction of sp³-hybridized carbons (Fsp3) is 0.357. The second kappa shape index (κ2) is 7.02. The van der Waals surface area contributed by atoms with Gasteiger partial charge in [0.15, 0.2) is 0 Å². The van der Waals surface area contributed by atoms with E-state index in [-0.39, 0.29) is 0 Å². The summed E-state index contributed by atoms with van der Waals surface area (Å²) in [5.41, 5.74) is 7.24. The van der Waals surface area contributed by atoms with E-state index in [4.69, 9.17) is 15.2 Å². The van der Waals surface area contributed by atoms with Crippen molar-refractivity contribution in [1.82, 2.24) is 9.78 Å². The highest BCUT2D eigenvalue weighted by atomic mass is 79.9. The average molecular weight is 358 g/mol. The van der Waals surface area contributed by atoms with Crippen LogP contribution in [0.2, 0.25) is 0 Å². The Morgan fingerprint density at radius 3 is 2.86 bits per heavy atom. The van der Waals surface area contributed by atoms with Gasteiger partial charge in [0.1, 0.15) is 11.6 Å². The average Bonchev–Trinajstić information content (AvgIpc) is 2.85. The number of halogens is 2. The first kappa shape index (κ1) is 15.9. The SMILES string of the molecule is COCCn1ncc(Br)c1C(N)c1c(F)cccc1OC. The van der Waals surface area contributed by atoms with Gasteiger partial charge in [0, 0.05) is 7.11 Å². The molecule has 2 aromatic rings. The molecule has 2 N–H and O–H groups in total. The van der Waals surface area contributed by atoms with Crippen molar-refractivity contribution >= 4 is 15.9 Å². The smallest absolute Gasteiger partial charge is 0.132 e. The zero-order valence-electron chi connectivity index (χ0n) is 11.8. The molecule has 1 heterocycles. The number of rotatable bonds is 6. The summed E-state index contributed by atoms with van der Waals surface area (Å²) in [6.45, 7) is 1.02. The zero-order valence-corrected chi connectivity index (χ0v) is 13.4. The van der Waals surface area contributed by atoms with Crippen molar-refractivity contribution in [2.75, 3.05) is 20.8 Å². The molecule has 0 aliphatic heterocycles. The summed E-state index contributed by atoms with van der Waals surface area (Å²) < 4.78 is 26.8. The van der Waals surface area contributed by atoms with Crippen molar-refractivity contribution in [3.05, 3.63) is 45.9 Å². The zero-order chi connectivity index (χ0) is 15.4. The molecular weight excluding hydrogens is 341 g/mol. The Morgan fingerprint density at radius 2 is 2.19 bits per heavy atom. The number of hydrogen-bond acceptors (Lipinski definition) is 4. The van der Waals surface area contributed by atoms with Crippen LogP contribution in [0, 0.1) is 5.82 Å². The molecule has 5 nitrogen and oxygen atoms in total. The van der Waals surface area contributed by atoms with Crippen LogP contribution in [0.15, 0.2) is 28.9 Å². The van der Waals surface area contributed by atoms with E-state index in [0.29, 0.717) is 30.2 Å². The molecular formula is C14H17BrFN3O2. The Hall–Kier alpha value is -1.44. The van der Waals surface area contributed by atoms with Crippen molar-refractivity contribution in [2.24, 2.45) is 5.73 Å². The second-order valence-electron chi connectivity index (χ2n) is 4.43. The molecule has 0 fully saturated rings. The highest BCUT2D eigenvalue weighted by Crippen LogP contribution is 2.33. The molecule has 0 aliphatic carbocycles. The fourth-order valence-corrected chi connectivity index (χ4v) is 2.71. The van der Waals surface area contributed by atoms with Crippen molar-refractivity contribution < 1.29 is 13.9 Å². The van der Waals surface area contributed by atoms with E-state index in [2.05, 4.69) is 21.0 Å². The first-order valence-corrected chi connectivity index (χ1v) is 7.17. The van der Waals surface area contributed by atoms with Gasteiger partial charge in [-0.3, -0.25) is 4.68 Å². The van der Waals surface area contributed by atoms with Gasteiger partial charge in [0.2, 0.25) is 0 Å². The number of hydrogen-bond donors (Lipinski definition) is 1. The Bertz CT molecular complexity index is 618. The molecule has 0 spiro atoms. The van der Waals surface area contributed by atoms with Crippen LogP contribution in [0.5, 0.6) is 5.75 Å². The van der Waals surface area contributed by atoms with Crippen LogP contribution < -0.4 is 10.5 Å². The minimum Gasteiger partial charge on any atom is -0.496 e. The molecule has 0 radical (unpaired) electrons. The number of nitrogens with zero attached hydrogens (tertiary/aromatic N) is 2. The predicted molar refractivity (Wildman–Crippen MR) is 80.8 cm³/mol. The Morgan fingerprint density at radius 1 is 1.43 bits per heavy atom. The lowest BCUT2D eigenvalue weighted by Gasteiger charge is -2.18.